The van der Waals surface area contributed by atoms with Crippen molar-refractivity contribution in [2.75, 3.05) is 31.8 Å². The summed E-state index contributed by atoms with van der Waals surface area (Å²) in [4.78, 5) is 78.2. The molecule has 13 nitrogen and oxygen atoms in total. The second-order valence-corrected chi connectivity index (χ2v) is 17.2. The zero-order chi connectivity index (χ0) is 46.5. The third-order valence-electron chi connectivity index (χ3n) is 13.0. The lowest BCUT2D eigenvalue weighted by Crippen LogP contribution is -2.57. The summed E-state index contributed by atoms with van der Waals surface area (Å²) in [7, 11) is 1.22. The van der Waals surface area contributed by atoms with Gasteiger partial charge in [0, 0.05) is 17.7 Å². The fourth-order valence-corrected chi connectivity index (χ4v) is 10.2. The van der Waals surface area contributed by atoms with Gasteiger partial charge < -0.3 is 30.0 Å². The molecule has 340 valence electrons. The van der Waals surface area contributed by atoms with E-state index in [0.717, 1.165) is 41.7 Å². The van der Waals surface area contributed by atoms with Crippen molar-refractivity contribution in [3.63, 3.8) is 0 Å². The maximum absolute atomic E-state index is 16.5. The minimum atomic E-state index is -2.10. The van der Waals surface area contributed by atoms with Crippen molar-refractivity contribution < 1.29 is 43.3 Å². The zero-order valence-corrected chi connectivity index (χ0v) is 37.3. The number of amides is 4. The molecule has 0 radical (unpaired) electrons. The van der Waals surface area contributed by atoms with E-state index >= 15 is 14.4 Å². The van der Waals surface area contributed by atoms with E-state index in [4.69, 9.17) is 14.2 Å². The molecule has 2 saturated heterocycles. The van der Waals surface area contributed by atoms with Crippen molar-refractivity contribution in [2.45, 2.75) is 75.2 Å². The molecule has 4 amide bonds. The van der Waals surface area contributed by atoms with Crippen LogP contribution >= 0.6 is 0 Å². The Morgan fingerprint density at radius 2 is 1.65 bits per heavy atom. The number of nitrogens with zero attached hydrogens (tertiary/aromatic N) is 2. The van der Waals surface area contributed by atoms with Crippen LogP contribution in [0.25, 0.3) is 0 Å². The Labute approximate surface area is 384 Å². The molecule has 0 unspecified atom stereocenters. The van der Waals surface area contributed by atoms with Gasteiger partial charge in [0.15, 0.2) is 0 Å². The van der Waals surface area contributed by atoms with Crippen LogP contribution in [0.5, 0.6) is 5.75 Å². The van der Waals surface area contributed by atoms with Gasteiger partial charge in [-0.1, -0.05) is 117 Å². The summed E-state index contributed by atoms with van der Waals surface area (Å²) >= 11 is 0. The van der Waals surface area contributed by atoms with E-state index < -0.39 is 77.3 Å². The minimum absolute atomic E-state index is 0.0100. The number of anilines is 1. The molecule has 1 spiro atoms. The Kier molecular flexibility index (Phi) is 13.5. The van der Waals surface area contributed by atoms with Gasteiger partial charge in [-0.15, -0.1) is 6.58 Å². The lowest BCUT2D eigenvalue weighted by atomic mass is 9.65. The molecule has 8 rings (SSSR count). The largest absolute Gasteiger partial charge is 0.491 e. The smallest absolute Gasteiger partial charge is 0.329 e. The first-order valence-electron chi connectivity index (χ1n) is 22.4. The first kappa shape index (κ1) is 45.6. The molecule has 66 heavy (non-hydrogen) atoms. The van der Waals surface area contributed by atoms with E-state index in [1.54, 1.807) is 56.3 Å². The number of hydrogen-bond acceptors (Lipinski definition) is 10. The zero-order valence-electron chi connectivity index (χ0n) is 37.3. The van der Waals surface area contributed by atoms with E-state index in [9.17, 15) is 14.7 Å². The summed E-state index contributed by atoms with van der Waals surface area (Å²) < 4.78 is 17.9. The Bertz CT molecular complexity index is 2600. The molecule has 0 saturated carbocycles. The average molecular weight is 891 g/mol. The van der Waals surface area contributed by atoms with Crippen molar-refractivity contribution in [3.8, 4) is 17.6 Å². The highest BCUT2D eigenvalue weighted by molar-refractivity contribution is 6.25. The van der Waals surface area contributed by atoms with Crippen LogP contribution in [0.15, 0.2) is 127 Å². The number of imide groups is 1. The molecule has 3 N–H and O–H groups in total. The Morgan fingerprint density at radius 1 is 0.939 bits per heavy atom. The van der Waals surface area contributed by atoms with Gasteiger partial charge in [-0.25, -0.2) is 14.5 Å². The van der Waals surface area contributed by atoms with E-state index in [0.29, 0.717) is 16.7 Å². The number of nitrogens with one attached hydrogen (secondary N) is 2. The third-order valence-corrected chi connectivity index (χ3v) is 13.0. The summed E-state index contributed by atoms with van der Waals surface area (Å²) in [6.45, 7) is 6.85. The second-order valence-electron chi connectivity index (χ2n) is 17.2. The molecular weight excluding hydrogens is 837 g/mol. The molecule has 0 bridgehead atoms. The maximum Gasteiger partial charge on any atom is 0.329 e. The summed E-state index contributed by atoms with van der Waals surface area (Å²) in [6.07, 6.45) is 6.51. The number of allylic oxidation sites excluding steroid dienone is 2. The molecule has 1 aliphatic carbocycles. The number of carbonyl (C=O) groups is 5. The van der Waals surface area contributed by atoms with Crippen LogP contribution in [0, 0.1) is 23.7 Å². The van der Waals surface area contributed by atoms with Crippen molar-refractivity contribution in [1.82, 2.24) is 15.5 Å². The van der Waals surface area contributed by atoms with Crippen molar-refractivity contribution >= 4 is 35.5 Å². The van der Waals surface area contributed by atoms with Crippen LogP contribution in [0.2, 0.25) is 0 Å². The standard InChI is InChI=1S/C53H54N4O9/c1-5-29-54-48(59)42-45-50(61)66-46(37-21-13-8-14-22-37)44(36-19-11-7-12-20-36)57(45)47(38-23-15-16-24-41(38)65-31-30-58)53(42)39-32-35(26-25-34-17-9-6-10-18-34)27-28-40(39)56(51(53)62)52(63)55-43(33(2)3)49(60)64-4/h5,7-8,11-17,19-24,27-28,32-33,42-47,58H,1,6,9-10,18,29-31H2,2-4H3,(H,54,59)(H,55,63)/t42-,43-,44-,45-,46+,47+,53-/m0/s1. The SMILES string of the molecule is C=CCNC(=O)[C@@H]1[C@H]2C(=O)O[C@H](c3ccccc3)[C@H](c3ccccc3)N2[C@H](c2ccccc2OCCO)[C@@]12C(=O)N(C(=O)N[C@H](C(=O)OC)C(C)C)c1ccc(C#CC3=CCCCC3)cc12. The Hall–Kier alpha value is -7.01. The minimum Gasteiger partial charge on any atom is -0.491 e. The van der Waals surface area contributed by atoms with Crippen LogP contribution in [0.3, 0.4) is 0 Å². The maximum atomic E-state index is 16.5. The molecule has 2 fully saturated rings. The number of carbonyl (C=O) groups excluding carboxylic acids is 5. The van der Waals surface area contributed by atoms with Gasteiger partial charge in [0.05, 0.1) is 37.4 Å². The fourth-order valence-electron chi connectivity index (χ4n) is 10.2. The first-order chi connectivity index (χ1) is 32.1. The quantitative estimate of drug-likeness (QED) is 0.0785. The number of fused-ring (bicyclic) bond motifs is 3. The summed E-state index contributed by atoms with van der Waals surface area (Å²) in [6, 6.07) is 25.3. The lowest BCUT2D eigenvalue weighted by Gasteiger charge is -2.46. The monoisotopic (exact) mass is 890 g/mol. The molecule has 4 aromatic rings. The molecule has 13 heteroatoms. The average Bonchev–Trinajstić information content (AvgIpc) is 3.80. The summed E-state index contributed by atoms with van der Waals surface area (Å²) in [5.41, 5.74) is 1.61. The van der Waals surface area contributed by atoms with Crippen LogP contribution in [-0.2, 0) is 34.1 Å². The molecule has 7 atom stereocenters. The van der Waals surface area contributed by atoms with Gasteiger partial charge in [-0.3, -0.25) is 19.3 Å². The number of ether oxygens (including phenoxy) is 3. The number of para-hydroxylation sites is 1. The van der Waals surface area contributed by atoms with E-state index in [1.807, 2.05) is 65.6 Å². The second kappa shape index (κ2) is 19.6. The molecule has 3 heterocycles. The van der Waals surface area contributed by atoms with Gasteiger partial charge in [0.1, 0.15) is 36.0 Å². The van der Waals surface area contributed by atoms with Gasteiger partial charge in [0.25, 0.3) is 0 Å². The van der Waals surface area contributed by atoms with Crippen LogP contribution in [0.1, 0.15) is 85.5 Å². The van der Waals surface area contributed by atoms with Crippen molar-refractivity contribution in [1.29, 1.82) is 0 Å². The Balaban J connectivity index is 1.47. The summed E-state index contributed by atoms with van der Waals surface area (Å²) in [5.74, 6) is 1.95. The topological polar surface area (TPSA) is 164 Å². The molecular formula is C53H54N4O9. The van der Waals surface area contributed by atoms with Gasteiger partial charge in [-0.2, -0.15) is 0 Å². The van der Waals surface area contributed by atoms with Gasteiger partial charge in [0.2, 0.25) is 11.8 Å². The Morgan fingerprint density at radius 3 is 2.32 bits per heavy atom. The molecule has 4 aromatic carbocycles. The van der Waals surface area contributed by atoms with E-state index in [-0.39, 0.29) is 36.8 Å². The van der Waals surface area contributed by atoms with Gasteiger partial charge in [-0.05, 0) is 78.1 Å². The number of hydrogen-bond donors (Lipinski definition) is 3. The number of benzene rings is 4. The van der Waals surface area contributed by atoms with Gasteiger partial charge >= 0.3 is 18.0 Å². The number of morpholine rings is 1. The number of cyclic esters (lactones) is 1. The lowest BCUT2D eigenvalue weighted by molar-refractivity contribution is -0.178. The predicted octanol–water partition coefficient (Wildman–Crippen LogP) is 6.78. The van der Waals surface area contributed by atoms with Crippen molar-refractivity contribution in [2.24, 2.45) is 11.8 Å². The number of aliphatic hydroxyl groups excluding tert-OH is 1. The highest BCUT2D eigenvalue weighted by Gasteiger charge is 2.76. The number of aliphatic hydroxyl groups is 1. The van der Waals surface area contributed by atoms with Crippen LogP contribution in [-0.4, -0.2) is 78.7 Å². The van der Waals surface area contributed by atoms with Crippen LogP contribution < -0.4 is 20.3 Å². The van der Waals surface area contributed by atoms with Crippen LogP contribution in [0.4, 0.5) is 10.5 Å². The number of urea groups is 1. The first-order valence-corrected chi connectivity index (χ1v) is 22.4. The summed E-state index contributed by atoms with van der Waals surface area (Å²) in [5, 5.41) is 15.7. The number of methoxy groups -OCH3 is 1. The fraction of sp³-hybridized carbons (Fsp3) is 0.340. The molecule has 4 aliphatic rings. The normalized spacial score (nSPS) is 23.7. The number of rotatable bonds is 12. The number of esters is 2. The van der Waals surface area contributed by atoms with E-state index in [2.05, 4.69) is 35.1 Å². The highest BCUT2D eigenvalue weighted by Crippen LogP contribution is 2.66. The highest BCUT2D eigenvalue weighted by atomic mass is 16.6. The third kappa shape index (κ3) is 8.16. The molecule has 0 aromatic heterocycles. The predicted molar refractivity (Wildman–Crippen MR) is 247 cm³/mol. The molecule has 3 aliphatic heterocycles. The van der Waals surface area contributed by atoms with Crippen molar-refractivity contribution in [3.05, 3.63) is 155 Å². The van der Waals surface area contributed by atoms with E-state index in [1.165, 1.54) is 13.2 Å².